The van der Waals surface area contributed by atoms with Crippen molar-refractivity contribution >= 4 is 17.5 Å². The van der Waals surface area contributed by atoms with Gasteiger partial charge in [0, 0.05) is 31.3 Å². The van der Waals surface area contributed by atoms with Gasteiger partial charge < -0.3 is 14.7 Å². The molecule has 6 nitrogen and oxygen atoms in total. The Hall–Kier alpha value is -3.67. The van der Waals surface area contributed by atoms with E-state index in [0.29, 0.717) is 17.5 Å². The minimum absolute atomic E-state index is 0.617. The standard InChI is InChI=1S/C22H21N5O/c1-16-13-20(26-28-16)23-19-14-21(27(2)15-17-9-5-3-6-10-17)25-22(24-19)18-11-7-4-8-12-18/h3-14H,15H2,1-2H3,(H,23,24,25,26). The number of nitrogens with one attached hydrogen (secondary N) is 1. The number of aryl methyl sites for hydroxylation is 1. The van der Waals surface area contributed by atoms with Gasteiger partial charge in [-0.25, -0.2) is 9.97 Å². The van der Waals surface area contributed by atoms with E-state index in [-0.39, 0.29) is 0 Å². The zero-order valence-electron chi connectivity index (χ0n) is 15.8. The molecule has 0 saturated heterocycles. The average molecular weight is 371 g/mol. The molecule has 0 aliphatic carbocycles. The van der Waals surface area contributed by atoms with Gasteiger partial charge in [-0.2, -0.15) is 0 Å². The van der Waals surface area contributed by atoms with Crippen molar-refractivity contribution in [1.82, 2.24) is 15.1 Å². The molecule has 4 aromatic rings. The van der Waals surface area contributed by atoms with Crippen molar-refractivity contribution in [3.8, 4) is 11.4 Å². The van der Waals surface area contributed by atoms with Gasteiger partial charge in [-0.1, -0.05) is 65.8 Å². The fraction of sp³-hybridized carbons (Fsp3) is 0.136. The van der Waals surface area contributed by atoms with Crippen LogP contribution in [0.2, 0.25) is 0 Å². The van der Waals surface area contributed by atoms with E-state index in [1.165, 1.54) is 5.56 Å². The molecule has 0 aliphatic heterocycles. The monoisotopic (exact) mass is 371 g/mol. The van der Waals surface area contributed by atoms with Crippen molar-refractivity contribution < 1.29 is 4.52 Å². The van der Waals surface area contributed by atoms with Gasteiger partial charge in [0.15, 0.2) is 11.6 Å². The van der Waals surface area contributed by atoms with E-state index < -0.39 is 0 Å². The fourth-order valence-corrected chi connectivity index (χ4v) is 2.91. The zero-order chi connectivity index (χ0) is 19.3. The van der Waals surface area contributed by atoms with Gasteiger partial charge in [-0.3, -0.25) is 0 Å². The number of benzene rings is 2. The average Bonchev–Trinajstić information content (AvgIpc) is 3.13. The van der Waals surface area contributed by atoms with E-state index in [1.54, 1.807) is 0 Å². The number of hydrogen-bond acceptors (Lipinski definition) is 6. The maximum atomic E-state index is 5.14. The maximum absolute atomic E-state index is 5.14. The molecule has 0 unspecified atom stereocenters. The molecule has 0 amide bonds. The summed E-state index contributed by atoms with van der Waals surface area (Å²) in [4.78, 5) is 11.5. The van der Waals surface area contributed by atoms with E-state index in [9.17, 15) is 0 Å². The molecule has 4 rings (SSSR count). The third-order valence-electron chi connectivity index (χ3n) is 4.28. The third kappa shape index (κ3) is 4.17. The first-order valence-electron chi connectivity index (χ1n) is 9.07. The molecule has 1 N–H and O–H groups in total. The predicted octanol–water partition coefficient (Wildman–Crippen LogP) is 4.82. The summed E-state index contributed by atoms with van der Waals surface area (Å²) in [5.74, 6) is 3.49. The SMILES string of the molecule is Cc1cc(Nc2cc(N(C)Cc3ccccc3)nc(-c3ccccc3)n2)no1. The second-order valence-corrected chi connectivity index (χ2v) is 6.59. The van der Waals surface area contributed by atoms with Gasteiger partial charge >= 0.3 is 0 Å². The minimum atomic E-state index is 0.617. The summed E-state index contributed by atoms with van der Waals surface area (Å²) in [6.07, 6.45) is 0. The van der Waals surface area contributed by atoms with Crippen LogP contribution in [-0.2, 0) is 6.54 Å². The van der Waals surface area contributed by atoms with E-state index >= 15 is 0 Å². The molecule has 0 radical (unpaired) electrons. The van der Waals surface area contributed by atoms with Crippen LogP contribution in [0.4, 0.5) is 17.5 Å². The Morgan fingerprint density at radius 3 is 2.29 bits per heavy atom. The largest absolute Gasteiger partial charge is 0.360 e. The molecule has 6 heteroatoms. The van der Waals surface area contributed by atoms with Crippen molar-refractivity contribution in [1.29, 1.82) is 0 Å². The summed E-state index contributed by atoms with van der Waals surface area (Å²) in [7, 11) is 2.02. The maximum Gasteiger partial charge on any atom is 0.175 e. The Morgan fingerprint density at radius 1 is 0.893 bits per heavy atom. The number of rotatable bonds is 6. The molecule has 2 aromatic heterocycles. The summed E-state index contributed by atoms with van der Waals surface area (Å²) >= 11 is 0. The van der Waals surface area contributed by atoms with Gasteiger partial charge in [0.05, 0.1) is 0 Å². The Bertz CT molecular complexity index is 1050. The lowest BCUT2D eigenvalue weighted by Gasteiger charge is -2.20. The summed E-state index contributed by atoms with van der Waals surface area (Å²) in [6, 6.07) is 24.0. The molecular weight excluding hydrogens is 350 g/mol. The lowest BCUT2D eigenvalue weighted by molar-refractivity contribution is 0.400. The van der Waals surface area contributed by atoms with Crippen LogP contribution in [0.3, 0.4) is 0 Å². The number of anilines is 3. The van der Waals surface area contributed by atoms with Crippen LogP contribution in [0.1, 0.15) is 11.3 Å². The quantitative estimate of drug-likeness (QED) is 0.524. The summed E-state index contributed by atoms with van der Waals surface area (Å²) in [5.41, 5.74) is 2.17. The van der Waals surface area contributed by atoms with E-state index in [4.69, 9.17) is 9.51 Å². The van der Waals surface area contributed by atoms with Crippen LogP contribution >= 0.6 is 0 Å². The minimum Gasteiger partial charge on any atom is -0.360 e. The smallest absolute Gasteiger partial charge is 0.175 e. The highest BCUT2D eigenvalue weighted by Gasteiger charge is 2.12. The zero-order valence-corrected chi connectivity index (χ0v) is 15.8. The van der Waals surface area contributed by atoms with Gasteiger partial charge in [0.25, 0.3) is 0 Å². The highest BCUT2D eigenvalue weighted by molar-refractivity contribution is 5.64. The van der Waals surface area contributed by atoms with Crippen LogP contribution in [0.25, 0.3) is 11.4 Å². The topological polar surface area (TPSA) is 67.1 Å². The predicted molar refractivity (Wildman–Crippen MR) is 111 cm³/mol. The number of aromatic nitrogens is 3. The van der Waals surface area contributed by atoms with Gasteiger partial charge in [0.1, 0.15) is 17.4 Å². The molecule has 0 aliphatic rings. The second kappa shape index (κ2) is 7.92. The molecule has 140 valence electrons. The van der Waals surface area contributed by atoms with E-state index in [1.807, 2.05) is 74.6 Å². The first-order valence-corrected chi connectivity index (χ1v) is 9.07. The summed E-state index contributed by atoms with van der Waals surface area (Å²) < 4.78 is 5.14. The molecule has 2 heterocycles. The Morgan fingerprint density at radius 2 is 1.61 bits per heavy atom. The normalized spacial score (nSPS) is 10.6. The molecule has 0 atom stereocenters. The highest BCUT2D eigenvalue weighted by atomic mass is 16.5. The highest BCUT2D eigenvalue weighted by Crippen LogP contribution is 2.25. The van der Waals surface area contributed by atoms with Crippen molar-refractivity contribution in [3.63, 3.8) is 0 Å². The van der Waals surface area contributed by atoms with E-state index in [2.05, 4.69) is 32.5 Å². The second-order valence-electron chi connectivity index (χ2n) is 6.59. The van der Waals surface area contributed by atoms with Crippen LogP contribution < -0.4 is 10.2 Å². The molecule has 2 aromatic carbocycles. The Kier molecular flexibility index (Phi) is 5.01. The summed E-state index contributed by atoms with van der Waals surface area (Å²) in [5, 5.41) is 7.21. The first-order chi connectivity index (χ1) is 13.7. The van der Waals surface area contributed by atoms with Crippen LogP contribution in [0.5, 0.6) is 0 Å². The van der Waals surface area contributed by atoms with E-state index in [0.717, 1.165) is 23.7 Å². The first kappa shape index (κ1) is 17.7. The molecular formula is C22H21N5O. The van der Waals surface area contributed by atoms with Crippen molar-refractivity contribution in [2.24, 2.45) is 0 Å². The lowest BCUT2D eigenvalue weighted by Crippen LogP contribution is -2.18. The van der Waals surface area contributed by atoms with Crippen LogP contribution in [-0.4, -0.2) is 22.2 Å². The lowest BCUT2D eigenvalue weighted by atomic mass is 10.2. The van der Waals surface area contributed by atoms with Crippen molar-refractivity contribution in [2.75, 3.05) is 17.3 Å². The van der Waals surface area contributed by atoms with Gasteiger partial charge in [-0.05, 0) is 12.5 Å². The third-order valence-corrected chi connectivity index (χ3v) is 4.28. The molecule has 28 heavy (non-hydrogen) atoms. The van der Waals surface area contributed by atoms with Gasteiger partial charge in [0.2, 0.25) is 0 Å². The van der Waals surface area contributed by atoms with Crippen LogP contribution in [0.15, 0.2) is 77.3 Å². The van der Waals surface area contributed by atoms with Crippen molar-refractivity contribution in [2.45, 2.75) is 13.5 Å². The van der Waals surface area contributed by atoms with Crippen LogP contribution in [0, 0.1) is 6.92 Å². The molecule has 0 fully saturated rings. The van der Waals surface area contributed by atoms with Gasteiger partial charge in [-0.15, -0.1) is 0 Å². The molecule has 0 saturated carbocycles. The number of hydrogen-bond donors (Lipinski definition) is 1. The fourth-order valence-electron chi connectivity index (χ4n) is 2.91. The summed E-state index contributed by atoms with van der Waals surface area (Å²) in [6.45, 7) is 2.60. The Labute approximate surface area is 163 Å². The molecule has 0 bridgehead atoms. The van der Waals surface area contributed by atoms with Crippen molar-refractivity contribution in [3.05, 3.63) is 84.1 Å². The molecule has 0 spiro atoms. The number of nitrogens with zero attached hydrogens (tertiary/aromatic N) is 4. The Balaban J connectivity index is 1.68.